The number of anilines is 2. The number of rotatable bonds is 8. The molecule has 2 rings (SSSR count). The molecule has 2 heterocycles. The number of nitrogens with zero attached hydrogens (tertiary/aromatic N) is 5. The quantitative estimate of drug-likeness (QED) is 0.471. The molecule has 0 unspecified atom stereocenters. The van der Waals surface area contributed by atoms with Crippen LogP contribution in [0.2, 0.25) is 0 Å². The Balaban J connectivity index is 1.94. The van der Waals surface area contributed by atoms with Crippen LogP contribution in [-0.4, -0.2) is 37.9 Å². The Morgan fingerprint density at radius 2 is 2.10 bits per heavy atom. The number of aromatic nitrogens is 5. The first-order valence-corrected chi connectivity index (χ1v) is 6.79. The summed E-state index contributed by atoms with van der Waals surface area (Å²) in [6.07, 6.45) is 3.55. The Morgan fingerprint density at radius 3 is 2.76 bits per heavy atom. The van der Waals surface area contributed by atoms with Gasteiger partial charge in [-0.15, -0.1) is 0 Å². The van der Waals surface area contributed by atoms with Crippen LogP contribution in [0.25, 0.3) is 0 Å². The van der Waals surface area contributed by atoms with Crippen LogP contribution in [0, 0.1) is 0 Å². The number of nitrogens with two attached hydrogens (primary N) is 1. The molecule has 9 nitrogen and oxygen atoms in total. The SMILES string of the molecule is CCCOc1nc(NN)nc(NCCc2ccn(C)n2)n1. The molecule has 2 aromatic rings. The molecule has 0 spiro atoms. The number of ether oxygens (including phenoxy) is 1. The van der Waals surface area contributed by atoms with Crippen LogP contribution in [0.5, 0.6) is 6.01 Å². The van der Waals surface area contributed by atoms with E-state index in [9.17, 15) is 0 Å². The molecule has 21 heavy (non-hydrogen) atoms. The molecule has 0 atom stereocenters. The predicted octanol–water partition coefficient (Wildman–Crippen LogP) is 0.334. The summed E-state index contributed by atoms with van der Waals surface area (Å²) in [5, 5.41) is 7.41. The lowest BCUT2D eigenvalue weighted by molar-refractivity contribution is 0.292. The number of nitrogen functional groups attached to an aromatic ring is 1. The van der Waals surface area contributed by atoms with Gasteiger partial charge in [0.05, 0.1) is 12.3 Å². The Labute approximate surface area is 122 Å². The van der Waals surface area contributed by atoms with Gasteiger partial charge in [0.25, 0.3) is 0 Å². The minimum Gasteiger partial charge on any atom is -0.463 e. The van der Waals surface area contributed by atoms with Gasteiger partial charge in [-0.1, -0.05) is 6.92 Å². The van der Waals surface area contributed by atoms with E-state index in [-0.39, 0.29) is 12.0 Å². The highest BCUT2D eigenvalue weighted by Crippen LogP contribution is 2.10. The van der Waals surface area contributed by atoms with Crippen molar-refractivity contribution in [3.8, 4) is 6.01 Å². The highest BCUT2D eigenvalue weighted by atomic mass is 16.5. The molecule has 0 fully saturated rings. The lowest BCUT2D eigenvalue weighted by Crippen LogP contribution is -2.15. The van der Waals surface area contributed by atoms with Crippen LogP contribution in [0.15, 0.2) is 12.3 Å². The predicted molar refractivity (Wildman–Crippen MR) is 78.8 cm³/mol. The molecule has 0 aliphatic rings. The second-order valence-electron chi connectivity index (χ2n) is 4.42. The third-order valence-corrected chi connectivity index (χ3v) is 2.61. The highest BCUT2D eigenvalue weighted by Gasteiger charge is 2.06. The van der Waals surface area contributed by atoms with E-state index >= 15 is 0 Å². The van der Waals surface area contributed by atoms with Gasteiger partial charge in [-0.3, -0.25) is 10.1 Å². The van der Waals surface area contributed by atoms with Crippen molar-refractivity contribution in [1.82, 2.24) is 24.7 Å². The van der Waals surface area contributed by atoms with Gasteiger partial charge in [-0.05, 0) is 12.5 Å². The maximum atomic E-state index is 5.39. The van der Waals surface area contributed by atoms with Crippen molar-refractivity contribution in [2.45, 2.75) is 19.8 Å². The fraction of sp³-hybridized carbons (Fsp3) is 0.500. The maximum Gasteiger partial charge on any atom is 0.323 e. The fourth-order valence-electron chi connectivity index (χ4n) is 1.66. The summed E-state index contributed by atoms with van der Waals surface area (Å²) in [6, 6.07) is 2.22. The molecule has 0 aromatic carbocycles. The number of hydrogen-bond acceptors (Lipinski definition) is 8. The molecule has 0 aliphatic carbocycles. The van der Waals surface area contributed by atoms with E-state index in [1.165, 1.54) is 0 Å². The van der Waals surface area contributed by atoms with Crippen molar-refractivity contribution in [2.75, 3.05) is 23.9 Å². The third-order valence-electron chi connectivity index (χ3n) is 2.61. The van der Waals surface area contributed by atoms with Crippen LogP contribution < -0.4 is 21.3 Å². The van der Waals surface area contributed by atoms with Gasteiger partial charge < -0.3 is 10.1 Å². The van der Waals surface area contributed by atoms with E-state index in [1.54, 1.807) is 4.68 Å². The largest absolute Gasteiger partial charge is 0.463 e. The van der Waals surface area contributed by atoms with Gasteiger partial charge in [-0.2, -0.15) is 20.1 Å². The number of aryl methyl sites for hydroxylation is 1. The van der Waals surface area contributed by atoms with Crippen molar-refractivity contribution in [3.63, 3.8) is 0 Å². The monoisotopic (exact) mass is 292 g/mol. The van der Waals surface area contributed by atoms with Crippen LogP contribution in [0.4, 0.5) is 11.9 Å². The van der Waals surface area contributed by atoms with Gasteiger partial charge in [-0.25, -0.2) is 5.84 Å². The van der Waals surface area contributed by atoms with E-state index in [0.29, 0.717) is 19.1 Å². The third kappa shape index (κ3) is 4.56. The molecule has 0 saturated heterocycles. The minimum absolute atomic E-state index is 0.250. The lowest BCUT2D eigenvalue weighted by Gasteiger charge is -2.08. The number of nitrogens with one attached hydrogen (secondary N) is 2. The standard InChI is InChI=1S/C12H20N8O/c1-3-8-21-12-16-10(15-11(17-12)18-13)14-6-4-9-5-7-20(2)19-9/h5,7H,3-4,6,8,13H2,1-2H3,(H2,14,15,16,17,18). The number of hydrazine groups is 1. The molecule has 0 radical (unpaired) electrons. The van der Waals surface area contributed by atoms with Gasteiger partial charge in [0.15, 0.2) is 0 Å². The molecule has 0 aliphatic heterocycles. The van der Waals surface area contributed by atoms with Gasteiger partial charge in [0, 0.05) is 26.2 Å². The summed E-state index contributed by atoms with van der Waals surface area (Å²) in [5.74, 6) is 6.02. The highest BCUT2D eigenvalue weighted by molar-refractivity contribution is 5.34. The average molecular weight is 292 g/mol. The Kier molecular flexibility index (Phi) is 5.27. The van der Waals surface area contributed by atoms with Crippen molar-refractivity contribution < 1.29 is 4.74 Å². The fourth-order valence-corrected chi connectivity index (χ4v) is 1.66. The summed E-state index contributed by atoms with van der Waals surface area (Å²) in [7, 11) is 1.89. The molecule has 0 amide bonds. The van der Waals surface area contributed by atoms with E-state index < -0.39 is 0 Å². The Bertz CT molecular complexity index is 570. The normalized spacial score (nSPS) is 10.4. The summed E-state index contributed by atoms with van der Waals surface area (Å²) in [6.45, 7) is 3.20. The topological polar surface area (TPSA) is 116 Å². The van der Waals surface area contributed by atoms with Crippen molar-refractivity contribution >= 4 is 11.9 Å². The number of hydrogen-bond donors (Lipinski definition) is 3. The second-order valence-corrected chi connectivity index (χ2v) is 4.42. The molecular formula is C12H20N8O. The minimum atomic E-state index is 0.250. The van der Waals surface area contributed by atoms with Gasteiger partial charge in [0.2, 0.25) is 11.9 Å². The van der Waals surface area contributed by atoms with Crippen LogP contribution in [-0.2, 0) is 13.5 Å². The van der Waals surface area contributed by atoms with E-state index in [4.69, 9.17) is 10.6 Å². The summed E-state index contributed by atoms with van der Waals surface area (Å²) >= 11 is 0. The summed E-state index contributed by atoms with van der Waals surface area (Å²) in [4.78, 5) is 12.3. The zero-order chi connectivity index (χ0) is 15.1. The Morgan fingerprint density at radius 1 is 1.29 bits per heavy atom. The van der Waals surface area contributed by atoms with Crippen LogP contribution in [0.3, 0.4) is 0 Å². The average Bonchev–Trinajstić information content (AvgIpc) is 2.90. The maximum absolute atomic E-state index is 5.39. The van der Waals surface area contributed by atoms with Crippen LogP contribution in [0.1, 0.15) is 19.0 Å². The van der Waals surface area contributed by atoms with E-state index in [1.807, 2.05) is 26.2 Å². The molecular weight excluding hydrogens is 272 g/mol. The van der Waals surface area contributed by atoms with Crippen molar-refractivity contribution in [3.05, 3.63) is 18.0 Å². The summed E-state index contributed by atoms with van der Waals surface area (Å²) < 4.78 is 7.16. The molecule has 4 N–H and O–H groups in total. The molecule has 9 heteroatoms. The molecule has 2 aromatic heterocycles. The lowest BCUT2D eigenvalue weighted by atomic mass is 10.3. The van der Waals surface area contributed by atoms with Crippen molar-refractivity contribution in [2.24, 2.45) is 12.9 Å². The first-order valence-electron chi connectivity index (χ1n) is 6.79. The zero-order valence-electron chi connectivity index (χ0n) is 12.2. The Hall–Kier alpha value is -2.42. The van der Waals surface area contributed by atoms with E-state index in [0.717, 1.165) is 18.5 Å². The summed E-state index contributed by atoms with van der Waals surface area (Å²) in [5.41, 5.74) is 3.40. The zero-order valence-corrected chi connectivity index (χ0v) is 12.2. The smallest absolute Gasteiger partial charge is 0.323 e. The first-order chi connectivity index (χ1) is 10.2. The molecule has 114 valence electrons. The first kappa shape index (κ1) is 15.0. The van der Waals surface area contributed by atoms with E-state index in [2.05, 4.69) is 30.8 Å². The second kappa shape index (κ2) is 7.39. The van der Waals surface area contributed by atoms with Crippen molar-refractivity contribution in [1.29, 1.82) is 0 Å². The molecule has 0 saturated carbocycles. The molecule has 0 bridgehead atoms. The van der Waals surface area contributed by atoms with Crippen LogP contribution >= 0.6 is 0 Å². The van der Waals surface area contributed by atoms with Gasteiger partial charge in [0.1, 0.15) is 0 Å². The van der Waals surface area contributed by atoms with Gasteiger partial charge >= 0.3 is 6.01 Å².